The van der Waals surface area contributed by atoms with Crippen molar-refractivity contribution < 1.29 is 23.9 Å². The van der Waals surface area contributed by atoms with E-state index in [1.807, 2.05) is 0 Å². The van der Waals surface area contributed by atoms with Gasteiger partial charge < -0.3 is 14.8 Å². The van der Waals surface area contributed by atoms with Gasteiger partial charge in [-0.3, -0.25) is 4.79 Å². The molecule has 0 bridgehead atoms. The summed E-state index contributed by atoms with van der Waals surface area (Å²) in [5.74, 6) is 0.876. The zero-order valence-corrected chi connectivity index (χ0v) is 25.7. The highest BCUT2D eigenvalue weighted by Crippen LogP contribution is 2.24. The topological polar surface area (TPSA) is 114 Å². The first-order valence-corrected chi connectivity index (χ1v) is 14.5. The van der Waals surface area contributed by atoms with Crippen molar-refractivity contribution in [3.05, 3.63) is 69.6 Å². The Balaban J connectivity index is 0.000000317. The van der Waals surface area contributed by atoms with Gasteiger partial charge in [0.15, 0.2) is 11.4 Å². The highest BCUT2D eigenvalue weighted by molar-refractivity contribution is 6.30. The van der Waals surface area contributed by atoms with Crippen molar-refractivity contribution in [2.45, 2.75) is 78.0 Å². The van der Waals surface area contributed by atoms with Gasteiger partial charge >= 0.3 is 12.0 Å². The van der Waals surface area contributed by atoms with Gasteiger partial charge in [0, 0.05) is 28.1 Å². The van der Waals surface area contributed by atoms with Crippen molar-refractivity contribution in [3.8, 4) is 5.75 Å². The minimum atomic E-state index is -1.12. The molecule has 224 valence electrons. The van der Waals surface area contributed by atoms with E-state index in [4.69, 9.17) is 32.7 Å². The second-order valence-corrected chi connectivity index (χ2v) is 11.5. The number of nitrogens with zero attached hydrogens (tertiary/aromatic N) is 2. The molecule has 0 spiro atoms. The fraction of sp³-hybridized carbons (Fsp3) is 0.500. The van der Waals surface area contributed by atoms with Gasteiger partial charge in [0.1, 0.15) is 5.75 Å². The molecule has 0 saturated heterocycles. The normalized spacial score (nSPS) is 16.6. The lowest BCUT2D eigenvalue weighted by atomic mass is 9.87. The first-order chi connectivity index (χ1) is 19.4. The van der Waals surface area contributed by atoms with Gasteiger partial charge in [0.25, 0.3) is 0 Å². The average Bonchev–Trinajstić information content (AvgIpc) is 2.93. The van der Waals surface area contributed by atoms with E-state index in [0.717, 1.165) is 36.6 Å². The molecule has 1 aliphatic rings. The zero-order valence-electron chi connectivity index (χ0n) is 24.2. The number of carbonyl (C=O) groups is 3. The first-order valence-electron chi connectivity index (χ1n) is 13.6. The van der Waals surface area contributed by atoms with Crippen LogP contribution in [0.2, 0.25) is 5.02 Å². The molecule has 0 radical (unpaired) electrons. The minimum Gasteiger partial charge on any atom is -0.476 e. The van der Waals surface area contributed by atoms with E-state index in [2.05, 4.69) is 17.5 Å². The quantitative estimate of drug-likeness (QED) is 0.101. The number of alkyl halides is 1. The fourth-order valence-corrected chi connectivity index (χ4v) is 4.33. The number of benzene rings is 2. The largest absolute Gasteiger partial charge is 0.476 e. The summed E-state index contributed by atoms with van der Waals surface area (Å²) >= 11 is 11.3. The Morgan fingerprint density at radius 1 is 1.00 bits per heavy atom. The monoisotopic (exact) mass is 607 g/mol. The summed E-state index contributed by atoms with van der Waals surface area (Å²) in [7, 11) is 0. The van der Waals surface area contributed by atoms with Gasteiger partial charge in [-0.1, -0.05) is 18.5 Å². The zero-order chi connectivity index (χ0) is 30.6. The van der Waals surface area contributed by atoms with Crippen LogP contribution in [0.4, 0.5) is 4.79 Å². The molecule has 9 nitrogen and oxygen atoms in total. The van der Waals surface area contributed by atoms with E-state index in [9.17, 15) is 19.3 Å². The lowest BCUT2D eigenvalue weighted by Gasteiger charge is -2.27. The van der Waals surface area contributed by atoms with Crippen LogP contribution in [0.1, 0.15) is 76.2 Å². The first kappa shape index (κ1) is 34.0. The molecule has 2 aromatic rings. The third kappa shape index (κ3) is 11.3. The van der Waals surface area contributed by atoms with E-state index < -0.39 is 17.6 Å². The van der Waals surface area contributed by atoms with Crippen LogP contribution in [0.25, 0.3) is 0 Å². The van der Waals surface area contributed by atoms with Crippen LogP contribution >= 0.6 is 23.2 Å². The predicted molar refractivity (Wildman–Crippen MR) is 160 cm³/mol. The average molecular weight is 609 g/mol. The molecule has 0 atom stereocenters. The van der Waals surface area contributed by atoms with Crippen molar-refractivity contribution in [3.63, 3.8) is 0 Å². The third-order valence-electron chi connectivity index (χ3n) is 6.40. The summed E-state index contributed by atoms with van der Waals surface area (Å²) < 4.78 is 10.9. The number of urea groups is 1. The summed E-state index contributed by atoms with van der Waals surface area (Å²) in [6.45, 7) is 9.22. The number of nitrogens with one attached hydrogen (secondary N) is 1. The molecular weight excluding hydrogens is 569 g/mol. The van der Waals surface area contributed by atoms with Gasteiger partial charge in [-0.2, -0.15) is 5.01 Å². The van der Waals surface area contributed by atoms with Crippen LogP contribution in [-0.4, -0.2) is 53.0 Å². The van der Waals surface area contributed by atoms with Crippen molar-refractivity contribution >= 4 is 41.0 Å². The van der Waals surface area contributed by atoms with E-state index in [1.165, 1.54) is 0 Å². The maximum atomic E-state index is 12.4. The number of rotatable bonds is 10. The van der Waals surface area contributed by atoms with Crippen LogP contribution < -0.4 is 10.1 Å². The molecule has 2 amide bonds. The van der Waals surface area contributed by atoms with Crippen molar-refractivity contribution in [2.24, 2.45) is 11.2 Å². The molecule has 0 aliphatic heterocycles. The Bertz CT molecular complexity index is 1150. The molecule has 1 saturated carbocycles. The van der Waals surface area contributed by atoms with Crippen molar-refractivity contribution in [1.29, 1.82) is 0 Å². The molecule has 1 N–H and O–H groups in total. The maximum Gasteiger partial charge on any atom is 0.350 e. The smallest absolute Gasteiger partial charge is 0.350 e. The number of carbonyl (C=O) groups excluding carboxylic acids is 3. The van der Waals surface area contributed by atoms with Crippen LogP contribution in [0, 0.1) is 10.8 Å². The maximum absolute atomic E-state index is 12.4. The Hall–Kier alpha value is -3.17. The Kier molecular flexibility index (Phi) is 13.5. The van der Waals surface area contributed by atoms with E-state index in [0.29, 0.717) is 21.9 Å². The predicted octanol–water partition coefficient (Wildman–Crippen LogP) is 7.18. The molecular formula is C30H39Cl2N3O6. The lowest BCUT2D eigenvalue weighted by Crippen LogP contribution is -2.44. The number of esters is 1. The molecule has 41 heavy (non-hydrogen) atoms. The summed E-state index contributed by atoms with van der Waals surface area (Å²) in [6, 6.07) is 13.1. The molecule has 0 unspecified atom stereocenters. The Morgan fingerprint density at radius 2 is 1.54 bits per heavy atom. The number of nitroso groups, excluding NO2 is 1. The molecule has 1 aliphatic carbocycles. The highest BCUT2D eigenvalue weighted by Gasteiger charge is 2.32. The fourth-order valence-electron chi connectivity index (χ4n) is 4.05. The number of amides is 2. The number of ketones is 1. The SMILES string of the molecule is CC(C)OC(=O)C(C)(C)Oc1ccc(C(=O)c2ccc(Cl)cc2)cc1.CC1CCC(NC(=O)N(CCCl)N=O)CC1. The van der Waals surface area contributed by atoms with Crippen LogP contribution in [0.3, 0.4) is 0 Å². The summed E-state index contributed by atoms with van der Waals surface area (Å²) in [4.78, 5) is 46.4. The minimum absolute atomic E-state index is 0.110. The molecule has 11 heteroatoms. The number of halogens is 2. The van der Waals surface area contributed by atoms with Crippen LogP contribution in [0.15, 0.2) is 53.8 Å². The van der Waals surface area contributed by atoms with Crippen LogP contribution in [-0.2, 0) is 9.53 Å². The van der Waals surface area contributed by atoms with Crippen LogP contribution in [0.5, 0.6) is 5.75 Å². The molecule has 0 aromatic heterocycles. The molecule has 2 aromatic carbocycles. The number of hydrogen-bond acceptors (Lipinski definition) is 7. The Morgan fingerprint density at radius 3 is 2.02 bits per heavy atom. The number of hydrogen-bond donors (Lipinski definition) is 1. The van der Waals surface area contributed by atoms with Gasteiger partial charge in [0.05, 0.1) is 17.9 Å². The van der Waals surface area contributed by atoms with E-state index in [-0.39, 0.29) is 30.4 Å². The van der Waals surface area contributed by atoms with Crippen molar-refractivity contribution in [1.82, 2.24) is 10.3 Å². The standard InChI is InChI=1S/C20H21ClO4.C10H18ClN3O2/c1-13(2)24-19(23)20(3,4)25-17-11-7-15(8-12-17)18(22)14-5-9-16(21)10-6-14;1-8-2-4-9(5-3-8)12-10(15)14(13-16)7-6-11/h5-13H,1-4H3;8-9H,2-7H2,1H3,(H,12,15). The van der Waals surface area contributed by atoms with E-state index >= 15 is 0 Å². The Labute approximate surface area is 251 Å². The second kappa shape index (κ2) is 16.3. The lowest BCUT2D eigenvalue weighted by molar-refractivity contribution is -0.163. The van der Waals surface area contributed by atoms with Gasteiger partial charge in [-0.05, 0) is 108 Å². The summed E-state index contributed by atoms with van der Waals surface area (Å²) in [6.07, 6.45) is 3.97. The van der Waals surface area contributed by atoms with Gasteiger partial charge in [-0.25, -0.2) is 9.59 Å². The molecule has 1 fully saturated rings. The molecule has 3 rings (SSSR count). The molecule has 0 heterocycles. The summed E-state index contributed by atoms with van der Waals surface area (Å²) in [5.41, 5.74) is -0.0393. The van der Waals surface area contributed by atoms with Crippen molar-refractivity contribution in [2.75, 3.05) is 12.4 Å². The second-order valence-electron chi connectivity index (χ2n) is 10.7. The summed E-state index contributed by atoms with van der Waals surface area (Å²) in [5, 5.41) is 6.87. The highest BCUT2D eigenvalue weighted by atomic mass is 35.5. The van der Waals surface area contributed by atoms with Gasteiger partial charge in [-0.15, -0.1) is 16.5 Å². The number of ether oxygens (including phenoxy) is 2. The van der Waals surface area contributed by atoms with Gasteiger partial charge in [0.2, 0.25) is 0 Å². The van der Waals surface area contributed by atoms with E-state index in [1.54, 1.807) is 76.2 Å². The third-order valence-corrected chi connectivity index (χ3v) is 6.82.